The topological polar surface area (TPSA) is 63.8 Å². The van der Waals surface area contributed by atoms with Crippen LogP contribution in [0.15, 0.2) is 24.3 Å². The molecule has 94 valence electrons. The molecule has 1 heterocycles. The molecule has 1 unspecified atom stereocenters. The number of para-hydroxylation sites is 2. The Hall–Kier alpha value is -1.68. The van der Waals surface area contributed by atoms with Crippen LogP contribution in [0.1, 0.15) is 18.5 Å². The highest BCUT2D eigenvalue weighted by atomic mass is 15.1. The third-order valence-electron chi connectivity index (χ3n) is 3.51. The normalized spacial score (nSPS) is 16.8. The number of hydrogen-bond donors (Lipinski definition) is 2. The van der Waals surface area contributed by atoms with Gasteiger partial charge in [-0.3, -0.25) is 0 Å². The molecule has 18 heavy (non-hydrogen) atoms. The van der Waals surface area contributed by atoms with Crippen LogP contribution in [0.5, 0.6) is 0 Å². The van der Waals surface area contributed by atoms with Crippen LogP contribution in [0.3, 0.4) is 0 Å². The largest absolute Gasteiger partial charge is 0.364 e. The van der Waals surface area contributed by atoms with Gasteiger partial charge < -0.3 is 11.1 Å². The van der Waals surface area contributed by atoms with Crippen LogP contribution in [0.4, 0.5) is 5.82 Å². The molecule has 1 aliphatic carbocycles. The van der Waals surface area contributed by atoms with Crippen molar-refractivity contribution in [2.75, 3.05) is 11.9 Å². The fraction of sp³-hybridized carbons (Fsp3) is 0.429. The quantitative estimate of drug-likeness (QED) is 0.861. The molecule has 1 aromatic carbocycles. The average Bonchev–Trinajstić information content (AvgIpc) is 3.20. The van der Waals surface area contributed by atoms with Crippen LogP contribution < -0.4 is 11.1 Å². The van der Waals surface area contributed by atoms with Gasteiger partial charge in [-0.15, -0.1) is 0 Å². The molecular weight excluding hydrogens is 224 g/mol. The number of nitrogens with two attached hydrogens (primary N) is 1. The van der Waals surface area contributed by atoms with Gasteiger partial charge in [0.15, 0.2) is 0 Å². The van der Waals surface area contributed by atoms with Gasteiger partial charge in [-0.2, -0.15) is 0 Å². The lowest BCUT2D eigenvalue weighted by atomic mass is 10.2. The second-order valence-electron chi connectivity index (χ2n) is 4.97. The molecule has 0 spiro atoms. The van der Waals surface area contributed by atoms with E-state index < -0.39 is 0 Å². The number of rotatable bonds is 4. The summed E-state index contributed by atoms with van der Waals surface area (Å²) in [6.45, 7) is 2.64. The highest BCUT2D eigenvalue weighted by molar-refractivity contribution is 5.76. The van der Waals surface area contributed by atoms with E-state index in [0.29, 0.717) is 18.5 Å². The molecule has 1 atom stereocenters. The summed E-state index contributed by atoms with van der Waals surface area (Å²) < 4.78 is 0. The first-order valence-electron chi connectivity index (χ1n) is 6.48. The predicted octanol–water partition coefficient (Wildman–Crippen LogP) is 2.09. The minimum Gasteiger partial charge on any atom is -0.364 e. The van der Waals surface area contributed by atoms with E-state index in [1.807, 2.05) is 31.2 Å². The zero-order valence-corrected chi connectivity index (χ0v) is 10.6. The third-order valence-corrected chi connectivity index (χ3v) is 3.51. The van der Waals surface area contributed by atoms with Gasteiger partial charge >= 0.3 is 0 Å². The fourth-order valence-corrected chi connectivity index (χ4v) is 2.27. The Morgan fingerprint density at radius 2 is 1.94 bits per heavy atom. The monoisotopic (exact) mass is 242 g/mol. The van der Waals surface area contributed by atoms with Crippen LogP contribution in [0.25, 0.3) is 11.0 Å². The van der Waals surface area contributed by atoms with Crippen molar-refractivity contribution in [3.63, 3.8) is 0 Å². The van der Waals surface area contributed by atoms with Crippen molar-refractivity contribution in [1.29, 1.82) is 0 Å². The Balaban J connectivity index is 1.92. The SMILES string of the molecule is Cc1nc2ccccc2nc1NC(CN)C1CC1. The summed E-state index contributed by atoms with van der Waals surface area (Å²) in [5.41, 5.74) is 8.62. The van der Waals surface area contributed by atoms with E-state index in [1.165, 1.54) is 12.8 Å². The Morgan fingerprint density at radius 3 is 2.56 bits per heavy atom. The summed E-state index contributed by atoms with van der Waals surface area (Å²) in [6, 6.07) is 8.27. The molecule has 0 bridgehead atoms. The van der Waals surface area contributed by atoms with E-state index >= 15 is 0 Å². The maximum atomic E-state index is 5.81. The molecule has 4 heteroatoms. The Morgan fingerprint density at radius 1 is 1.28 bits per heavy atom. The van der Waals surface area contributed by atoms with Gasteiger partial charge in [0.1, 0.15) is 5.82 Å². The average molecular weight is 242 g/mol. The van der Waals surface area contributed by atoms with Crippen LogP contribution in [-0.4, -0.2) is 22.6 Å². The fourth-order valence-electron chi connectivity index (χ4n) is 2.27. The van der Waals surface area contributed by atoms with Crippen LogP contribution in [0.2, 0.25) is 0 Å². The summed E-state index contributed by atoms with van der Waals surface area (Å²) in [6.07, 6.45) is 2.55. The highest BCUT2D eigenvalue weighted by Gasteiger charge is 2.30. The molecule has 1 saturated carbocycles. The number of hydrogen-bond acceptors (Lipinski definition) is 4. The molecule has 3 N–H and O–H groups in total. The van der Waals surface area contributed by atoms with E-state index in [9.17, 15) is 0 Å². The van der Waals surface area contributed by atoms with Crippen LogP contribution in [0, 0.1) is 12.8 Å². The lowest BCUT2D eigenvalue weighted by Gasteiger charge is -2.18. The van der Waals surface area contributed by atoms with Crippen molar-refractivity contribution in [2.24, 2.45) is 11.7 Å². The molecule has 3 rings (SSSR count). The molecule has 0 radical (unpaired) electrons. The second kappa shape index (κ2) is 4.53. The van der Waals surface area contributed by atoms with Crippen molar-refractivity contribution in [1.82, 2.24) is 9.97 Å². The number of nitrogens with one attached hydrogen (secondary N) is 1. The van der Waals surface area contributed by atoms with Crippen molar-refractivity contribution in [3.05, 3.63) is 30.0 Å². The van der Waals surface area contributed by atoms with E-state index in [2.05, 4.69) is 15.3 Å². The lowest BCUT2D eigenvalue weighted by Crippen LogP contribution is -2.31. The van der Waals surface area contributed by atoms with E-state index in [-0.39, 0.29) is 0 Å². The van der Waals surface area contributed by atoms with Crippen molar-refractivity contribution in [3.8, 4) is 0 Å². The molecule has 2 aromatic rings. The Kier molecular flexibility index (Phi) is 2.88. The molecule has 0 aliphatic heterocycles. The van der Waals surface area contributed by atoms with Gasteiger partial charge in [0.25, 0.3) is 0 Å². The van der Waals surface area contributed by atoms with E-state index in [1.54, 1.807) is 0 Å². The smallest absolute Gasteiger partial charge is 0.148 e. The first-order chi connectivity index (χ1) is 8.78. The Bertz CT molecular complexity index is 563. The van der Waals surface area contributed by atoms with Gasteiger partial charge in [-0.05, 0) is 37.8 Å². The zero-order chi connectivity index (χ0) is 12.5. The summed E-state index contributed by atoms with van der Waals surface area (Å²) in [4.78, 5) is 9.22. The molecule has 1 fully saturated rings. The number of anilines is 1. The van der Waals surface area contributed by atoms with Crippen molar-refractivity contribution >= 4 is 16.9 Å². The second-order valence-corrected chi connectivity index (χ2v) is 4.97. The molecule has 0 amide bonds. The number of fused-ring (bicyclic) bond motifs is 1. The van der Waals surface area contributed by atoms with E-state index in [0.717, 1.165) is 22.5 Å². The maximum absolute atomic E-state index is 5.81. The van der Waals surface area contributed by atoms with Crippen LogP contribution >= 0.6 is 0 Å². The number of aryl methyl sites for hydroxylation is 1. The zero-order valence-electron chi connectivity index (χ0n) is 10.6. The van der Waals surface area contributed by atoms with E-state index in [4.69, 9.17) is 5.73 Å². The number of nitrogens with zero attached hydrogens (tertiary/aromatic N) is 2. The van der Waals surface area contributed by atoms with Gasteiger partial charge in [0.2, 0.25) is 0 Å². The number of aromatic nitrogens is 2. The van der Waals surface area contributed by atoms with Gasteiger partial charge in [-0.1, -0.05) is 12.1 Å². The Labute approximate surface area is 107 Å². The summed E-state index contributed by atoms with van der Waals surface area (Å²) in [7, 11) is 0. The summed E-state index contributed by atoms with van der Waals surface area (Å²) in [5, 5.41) is 3.45. The van der Waals surface area contributed by atoms with Crippen LogP contribution in [-0.2, 0) is 0 Å². The minimum absolute atomic E-state index is 0.333. The summed E-state index contributed by atoms with van der Waals surface area (Å²) in [5.74, 6) is 1.58. The third kappa shape index (κ3) is 2.16. The highest BCUT2D eigenvalue weighted by Crippen LogP contribution is 2.34. The minimum atomic E-state index is 0.333. The first kappa shape index (κ1) is 11.4. The van der Waals surface area contributed by atoms with Gasteiger partial charge in [0.05, 0.1) is 16.7 Å². The van der Waals surface area contributed by atoms with Crippen molar-refractivity contribution in [2.45, 2.75) is 25.8 Å². The molecule has 1 aliphatic rings. The molecular formula is C14H18N4. The predicted molar refractivity (Wildman–Crippen MR) is 73.5 cm³/mol. The molecule has 1 aromatic heterocycles. The number of benzene rings is 1. The van der Waals surface area contributed by atoms with Gasteiger partial charge in [0, 0.05) is 12.6 Å². The van der Waals surface area contributed by atoms with Gasteiger partial charge in [-0.25, -0.2) is 9.97 Å². The van der Waals surface area contributed by atoms with Crippen molar-refractivity contribution < 1.29 is 0 Å². The first-order valence-corrected chi connectivity index (χ1v) is 6.48. The molecule has 0 saturated heterocycles. The molecule has 4 nitrogen and oxygen atoms in total. The lowest BCUT2D eigenvalue weighted by molar-refractivity contribution is 0.641. The maximum Gasteiger partial charge on any atom is 0.148 e. The standard InChI is InChI=1S/C14H18N4/c1-9-14(18-13(8-15)10-6-7-10)17-12-5-3-2-4-11(12)16-9/h2-5,10,13H,6-8,15H2,1H3,(H,17,18). The summed E-state index contributed by atoms with van der Waals surface area (Å²) >= 11 is 0.